The van der Waals surface area contributed by atoms with E-state index in [4.69, 9.17) is 0 Å². The highest BCUT2D eigenvalue weighted by Gasteiger charge is 2.26. The van der Waals surface area contributed by atoms with Crippen molar-refractivity contribution in [2.45, 2.75) is 0 Å². The number of hydrogen-bond donors (Lipinski definition) is 2. The van der Waals surface area contributed by atoms with E-state index < -0.39 is 5.91 Å². The molecule has 4 rings (SSSR count). The third-order valence-electron chi connectivity index (χ3n) is 3.49. The Kier molecular flexibility index (Phi) is 3.49. The van der Waals surface area contributed by atoms with Gasteiger partial charge < -0.3 is 5.32 Å². The van der Waals surface area contributed by atoms with E-state index in [0.29, 0.717) is 27.8 Å². The third kappa shape index (κ3) is 2.52. The molecule has 24 heavy (non-hydrogen) atoms. The van der Waals surface area contributed by atoms with Gasteiger partial charge in [0.15, 0.2) is 5.71 Å². The molecule has 0 saturated heterocycles. The molecule has 2 heterocycles. The Balaban J connectivity index is 1.61. The Morgan fingerprint density at radius 3 is 2.88 bits per heavy atom. The van der Waals surface area contributed by atoms with Gasteiger partial charge in [-0.2, -0.15) is 5.10 Å². The van der Waals surface area contributed by atoms with E-state index in [1.54, 1.807) is 18.2 Å². The predicted octanol–water partition coefficient (Wildman–Crippen LogP) is 1.91. The number of halogens is 1. The van der Waals surface area contributed by atoms with Gasteiger partial charge in [-0.1, -0.05) is 0 Å². The lowest BCUT2D eigenvalue weighted by molar-refractivity contribution is -0.110. The van der Waals surface area contributed by atoms with Crippen LogP contribution in [0.5, 0.6) is 0 Å². The number of carbonyl (C=O) groups is 2. The molecule has 118 valence electrons. The van der Waals surface area contributed by atoms with Crippen molar-refractivity contribution in [3.8, 4) is 0 Å². The molecule has 2 N–H and O–H groups in total. The lowest BCUT2D eigenvalue weighted by atomic mass is 10.1. The first-order valence-corrected chi connectivity index (χ1v) is 7.91. The van der Waals surface area contributed by atoms with Crippen LogP contribution in [0.2, 0.25) is 0 Å². The Morgan fingerprint density at radius 2 is 2.00 bits per heavy atom. The molecule has 0 fully saturated rings. The standard InChI is InChI=1S/C15H8IN5O3/c16-8-2-4-10-9(6-8)13(15(23)17-10)18-19-14(22)7-1-3-11-12(5-7)21-24-20-11/h1-6H,(H,19,22)(H,17,18,23). The summed E-state index contributed by atoms with van der Waals surface area (Å²) >= 11 is 2.15. The van der Waals surface area contributed by atoms with Crippen LogP contribution in [0.15, 0.2) is 46.1 Å². The van der Waals surface area contributed by atoms with Gasteiger partial charge in [0.1, 0.15) is 11.0 Å². The number of amides is 2. The second-order valence-corrected chi connectivity index (χ2v) is 6.26. The summed E-state index contributed by atoms with van der Waals surface area (Å²) in [6.45, 7) is 0. The monoisotopic (exact) mass is 433 g/mol. The van der Waals surface area contributed by atoms with Gasteiger partial charge in [-0.3, -0.25) is 9.59 Å². The number of hydrogen-bond acceptors (Lipinski definition) is 6. The summed E-state index contributed by atoms with van der Waals surface area (Å²) in [7, 11) is 0. The number of anilines is 1. The number of hydrazone groups is 1. The Bertz CT molecular complexity index is 1030. The van der Waals surface area contributed by atoms with Gasteiger partial charge in [0.25, 0.3) is 11.8 Å². The number of fused-ring (bicyclic) bond motifs is 2. The average molecular weight is 433 g/mol. The Labute approximate surface area is 148 Å². The van der Waals surface area contributed by atoms with E-state index in [9.17, 15) is 9.59 Å². The molecular formula is C15H8IN5O3. The molecule has 0 atom stereocenters. The summed E-state index contributed by atoms with van der Waals surface area (Å²) in [6, 6.07) is 10.2. The lowest BCUT2D eigenvalue weighted by Gasteiger charge is -2.01. The van der Waals surface area contributed by atoms with Crippen LogP contribution in [-0.2, 0) is 4.79 Å². The summed E-state index contributed by atoms with van der Waals surface area (Å²) in [6.07, 6.45) is 0. The minimum Gasteiger partial charge on any atom is -0.320 e. The van der Waals surface area contributed by atoms with Gasteiger partial charge in [-0.15, -0.1) is 0 Å². The minimum atomic E-state index is -0.459. The largest absolute Gasteiger partial charge is 0.320 e. The fraction of sp³-hybridized carbons (Fsp3) is 0. The zero-order valence-electron chi connectivity index (χ0n) is 11.9. The maximum Gasteiger partial charge on any atom is 0.276 e. The number of nitrogens with one attached hydrogen (secondary N) is 2. The van der Waals surface area contributed by atoms with Crippen LogP contribution in [0.25, 0.3) is 11.0 Å². The number of aromatic nitrogens is 2. The predicted molar refractivity (Wildman–Crippen MR) is 93.6 cm³/mol. The van der Waals surface area contributed by atoms with Crippen molar-refractivity contribution in [3.63, 3.8) is 0 Å². The van der Waals surface area contributed by atoms with Crippen LogP contribution in [0.1, 0.15) is 15.9 Å². The van der Waals surface area contributed by atoms with E-state index in [1.165, 1.54) is 6.07 Å². The normalized spacial score (nSPS) is 14.7. The van der Waals surface area contributed by atoms with E-state index in [-0.39, 0.29) is 11.6 Å². The van der Waals surface area contributed by atoms with Crippen LogP contribution in [0.3, 0.4) is 0 Å². The number of nitrogens with zero attached hydrogens (tertiary/aromatic N) is 3. The van der Waals surface area contributed by atoms with Gasteiger partial charge in [-0.05, 0) is 69.3 Å². The molecule has 2 aromatic carbocycles. The van der Waals surface area contributed by atoms with Crippen LogP contribution < -0.4 is 10.7 Å². The summed E-state index contributed by atoms with van der Waals surface area (Å²) in [5.41, 5.74) is 5.24. The summed E-state index contributed by atoms with van der Waals surface area (Å²) < 4.78 is 5.56. The highest BCUT2D eigenvalue weighted by molar-refractivity contribution is 14.1. The first-order chi connectivity index (χ1) is 11.6. The minimum absolute atomic E-state index is 0.168. The maximum absolute atomic E-state index is 12.2. The smallest absolute Gasteiger partial charge is 0.276 e. The van der Waals surface area contributed by atoms with Gasteiger partial charge in [0.2, 0.25) is 0 Å². The number of rotatable bonds is 2. The summed E-state index contributed by atoms with van der Waals surface area (Å²) in [5.74, 6) is -0.817. The number of benzene rings is 2. The Hall–Kier alpha value is -2.82. The molecule has 9 heteroatoms. The van der Waals surface area contributed by atoms with E-state index in [2.05, 4.69) is 53.4 Å². The molecule has 8 nitrogen and oxygen atoms in total. The van der Waals surface area contributed by atoms with Crippen LogP contribution >= 0.6 is 22.6 Å². The summed E-state index contributed by atoms with van der Waals surface area (Å²) in [5, 5.41) is 14.0. The van der Waals surface area contributed by atoms with Crippen LogP contribution in [0, 0.1) is 3.57 Å². The number of carbonyl (C=O) groups excluding carboxylic acids is 2. The SMILES string of the molecule is O=C1Nc2ccc(I)cc2/C1=N\NC(=O)c1ccc2nonc2c1. The molecule has 3 aromatic rings. The molecule has 1 aliphatic heterocycles. The second-order valence-electron chi connectivity index (χ2n) is 5.01. The fourth-order valence-corrected chi connectivity index (χ4v) is 2.82. The first-order valence-electron chi connectivity index (χ1n) is 6.83. The van der Waals surface area contributed by atoms with Crippen LogP contribution in [0.4, 0.5) is 5.69 Å². The highest BCUT2D eigenvalue weighted by atomic mass is 127. The van der Waals surface area contributed by atoms with Gasteiger partial charge in [-0.25, -0.2) is 10.1 Å². The molecular weight excluding hydrogens is 425 g/mol. The zero-order valence-corrected chi connectivity index (χ0v) is 14.1. The zero-order chi connectivity index (χ0) is 16.7. The second kappa shape index (κ2) is 5.67. The lowest BCUT2D eigenvalue weighted by Crippen LogP contribution is -2.23. The molecule has 1 aliphatic rings. The van der Waals surface area contributed by atoms with E-state index in [1.807, 2.05) is 12.1 Å². The molecule has 0 bridgehead atoms. The van der Waals surface area contributed by atoms with Crippen molar-refractivity contribution < 1.29 is 14.2 Å². The van der Waals surface area contributed by atoms with Crippen molar-refractivity contribution in [3.05, 3.63) is 51.1 Å². The van der Waals surface area contributed by atoms with Crippen molar-refractivity contribution in [2.75, 3.05) is 5.32 Å². The Morgan fingerprint density at radius 1 is 1.17 bits per heavy atom. The molecule has 0 aliphatic carbocycles. The molecule has 1 aromatic heterocycles. The maximum atomic E-state index is 12.2. The van der Waals surface area contributed by atoms with Gasteiger partial charge in [0.05, 0.1) is 5.69 Å². The van der Waals surface area contributed by atoms with Crippen molar-refractivity contribution in [1.82, 2.24) is 15.7 Å². The molecule has 0 unspecified atom stereocenters. The van der Waals surface area contributed by atoms with E-state index >= 15 is 0 Å². The molecule has 2 amide bonds. The summed E-state index contributed by atoms with van der Waals surface area (Å²) in [4.78, 5) is 24.2. The van der Waals surface area contributed by atoms with Gasteiger partial charge >= 0.3 is 0 Å². The van der Waals surface area contributed by atoms with Crippen molar-refractivity contribution >= 4 is 56.8 Å². The average Bonchev–Trinajstić information content (AvgIpc) is 3.15. The molecule has 0 radical (unpaired) electrons. The first kappa shape index (κ1) is 14.8. The van der Waals surface area contributed by atoms with Crippen molar-refractivity contribution in [1.29, 1.82) is 0 Å². The third-order valence-corrected chi connectivity index (χ3v) is 4.16. The fourth-order valence-electron chi connectivity index (χ4n) is 2.33. The van der Waals surface area contributed by atoms with E-state index in [0.717, 1.165) is 3.57 Å². The molecule has 0 saturated carbocycles. The van der Waals surface area contributed by atoms with Crippen molar-refractivity contribution in [2.24, 2.45) is 5.10 Å². The molecule has 0 spiro atoms. The topological polar surface area (TPSA) is 109 Å². The highest BCUT2D eigenvalue weighted by Crippen LogP contribution is 2.25. The van der Waals surface area contributed by atoms with Gasteiger partial charge in [0, 0.05) is 14.7 Å². The van der Waals surface area contributed by atoms with Crippen LogP contribution in [-0.4, -0.2) is 27.8 Å². The quantitative estimate of drug-likeness (QED) is 0.474.